The van der Waals surface area contributed by atoms with Crippen molar-refractivity contribution in [3.63, 3.8) is 0 Å². The Kier molecular flexibility index (Phi) is 9.83. The maximum atomic E-state index is 11.9. The normalized spacial score (nSPS) is 11.2. The van der Waals surface area contributed by atoms with Gasteiger partial charge in [0.1, 0.15) is 11.5 Å². The number of nitrogens with zero attached hydrogens (tertiary/aromatic N) is 3. The Hall–Kier alpha value is -4.13. The Labute approximate surface area is 196 Å². The van der Waals surface area contributed by atoms with Gasteiger partial charge in [0.2, 0.25) is 5.82 Å². The van der Waals surface area contributed by atoms with E-state index in [1.807, 2.05) is 35.2 Å². The largest absolute Gasteiger partial charge is 0.450 e. The van der Waals surface area contributed by atoms with Gasteiger partial charge in [0.05, 0.1) is 24.2 Å². The Balaban J connectivity index is 2.26. The van der Waals surface area contributed by atoms with Crippen molar-refractivity contribution in [2.75, 3.05) is 54.2 Å². The lowest BCUT2D eigenvalue weighted by Gasteiger charge is -2.23. The first-order valence-electron chi connectivity index (χ1n) is 10.5. The summed E-state index contributed by atoms with van der Waals surface area (Å²) in [6.45, 7) is 3.47. The Morgan fingerprint density at radius 3 is 2.35 bits per heavy atom. The second-order valence-electron chi connectivity index (χ2n) is 6.95. The molecule has 0 aliphatic heterocycles. The minimum absolute atomic E-state index is 0.0344. The fourth-order valence-corrected chi connectivity index (χ4v) is 2.94. The van der Waals surface area contributed by atoms with Crippen LogP contribution in [0.1, 0.15) is 13.8 Å². The zero-order valence-electron chi connectivity index (χ0n) is 19.1. The molecule has 34 heavy (non-hydrogen) atoms. The summed E-state index contributed by atoms with van der Waals surface area (Å²) >= 11 is 0. The van der Waals surface area contributed by atoms with E-state index in [4.69, 9.17) is 9.47 Å². The third kappa shape index (κ3) is 7.78. The molecule has 0 saturated heterocycles. The molecule has 2 rings (SSSR count). The lowest BCUT2D eigenvalue weighted by molar-refractivity contribution is -0.383. The molecular weight excluding hydrogens is 448 g/mol. The number of anilines is 4. The van der Waals surface area contributed by atoms with E-state index in [1.165, 1.54) is 6.07 Å². The fraction of sp³-hybridized carbons (Fsp3) is 0.381. The molecule has 0 aliphatic carbocycles. The molecule has 2 amide bonds. The van der Waals surface area contributed by atoms with E-state index in [9.17, 15) is 24.8 Å². The second kappa shape index (κ2) is 12.8. The zero-order valence-corrected chi connectivity index (χ0v) is 19.1. The van der Waals surface area contributed by atoms with Gasteiger partial charge in [-0.1, -0.05) is 18.2 Å². The number of hydrogen-bond acceptors (Lipinski definition) is 10. The number of aliphatic hydroxyl groups is 1. The Morgan fingerprint density at radius 2 is 1.76 bits per heavy atom. The average molecular weight is 476 g/mol. The number of amides is 2. The number of carbonyl (C=O) groups is 2. The van der Waals surface area contributed by atoms with Crippen molar-refractivity contribution in [1.82, 2.24) is 4.98 Å². The minimum Gasteiger partial charge on any atom is -0.450 e. The summed E-state index contributed by atoms with van der Waals surface area (Å²) in [5.41, 5.74) is 0.240. The molecule has 0 aliphatic rings. The van der Waals surface area contributed by atoms with Gasteiger partial charge in [0.25, 0.3) is 0 Å². The molecule has 1 heterocycles. The highest BCUT2D eigenvalue weighted by molar-refractivity contribution is 5.92. The number of aliphatic hydroxyl groups excluding tert-OH is 1. The number of hydrogen-bond donors (Lipinski definition) is 4. The lowest BCUT2D eigenvalue weighted by atomic mass is 10.2. The Bertz CT molecular complexity index is 989. The van der Waals surface area contributed by atoms with Gasteiger partial charge in [-0.05, 0) is 26.0 Å². The summed E-state index contributed by atoms with van der Waals surface area (Å²) in [5, 5.41) is 29.6. The van der Waals surface area contributed by atoms with E-state index < -0.39 is 34.7 Å². The maximum absolute atomic E-state index is 11.9. The maximum Gasteiger partial charge on any atom is 0.412 e. The summed E-state index contributed by atoms with van der Waals surface area (Å²) in [6, 6.07) is 10.6. The number of rotatable bonds is 11. The molecule has 1 aromatic heterocycles. The van der Waals surface area contributed by atoms with Crippen LogP contribution < -0.4 is 20.9 Å². The molecule has 184 valence electrons. The summed E-state index contributed by atoms with van der Waals surface area (Å²) in [6.07, 6.45) is -2.70. The molecule has 2 aromatic rings. The third-order valence-corrected chi connectivity index (χ3v) is 4.39. The van der Waals surface area contributed by atoms with Gasteiger partial charge < -0.3 is 24.8 Å². The van der Waals surface area contributed by atoms with E-state index in [-0.39, 0.29) is 37.8 Å². The van der Waals surface area contributed by atoms with Gasteiger partial charge in [-0.15, -0.1) is 0 Å². The molecule has 1 aromatic carbocycles. The van der Waals surface area contributed by atoms with Crippen LogP contribution in [0, 0.1) is 10.1 Å². The van der Waals surface area contributed by atoms with Crippen LogP contribution in [0.3, 0.4) is 0 Å². The van der Waals surface area contributed by atoms with E-state index in [2.05, 4.69) is 20.9 Å². The van der Waals surface area contributed by atoms with Gasteiger partial charge in [-0.2, -0.15) is 0 Å². The van der Waals surface area contributed by atoms with Gasteiger partial charge in [0, 0.05) is 31.9 Å². The fourth-order valence-electron chi connectivity index (χ4n) is 2.94. The van der Waals surface area contributed by atoms with Crippen molar-refractivity contribution in [1.29, 1.82) is 0 Å². The van der Waals surface area contributed by atoms with Crippen LogP contribution in [-0.2, 0) is 9.47 Å². The lowest BCUT2D eigenvalue weighted by Crippen LogP contribution is -2.33. The Morgan fingerprint density at radius 1 is 1.15 bits per heavy atom. The third-order valence-electron chi connectivity index (χ3n) is 4.39. The summed E-state index contributed by atoms with van der Waals surface area (Å²) < 4.78 is 9.58. The highest BCUT2D eigenvalue weighted by atomic mass is 16.6. The number of nitro groups is 1. The summed E-state index contributed by atoms with van der Waals surface area (Å²) in [7, 11) is 1.80. The highest BCUT2D eigenvalue weighted by Gasteiger charge is 2.26. The number of benzene rings is 1. The smallest absolute Gasteiger partial charge is 0.412 e. The van der Waals surface area contributed by atoms with Crippen molar-refractivity contribution >= 4 is 40.9 Å². The molecule has 13 heteroatoms. The topological polar surface area (TPSA) is 168 Å². The summed E-state index contributed by atoms with van der Waals surface area (Å²) in [4.78, 5) is 40.5. The summed E-state index contributed by atoms with van der Waals surface area (Å²) in [5.74, 6) is -0.564. The van der Waals surface area contributed by atoms with Crippen LogP contribution in [0.5, 0.6) is 0 Å². The molecule has 0 spiro atoms. The van der Waals surface area contributed by atoms with E-state index >= 15 is 0 Å². The molecule has 1 atom stereocenters. The van der Waals surface area contributed by atoms with Crippen LogP contribution in [-0.4, -0.2) is 66.7 Å². The number of nitrogens with one attached hydrogen (secondary N) is 3. The highest BCUT2D eigenvalue weighted by Crippen LogP contribution is 2.34. The van der Waals surface area contributed by atoms with E-state index in [0.717, 1.165) is 5.69 Å². The number of aromatic nitrogens is 1. The second-order valence-corrected chi connectivity index (χ2v) is 6.95. The van der Waals surface area contributed by atoms with Gasteiger partial charge >= 0.3 is 17.9 Å². The molecule has 0 radical (unpaired) electrons. The van der Waals surface area contributed by atoms with Crippen LogP contribution >= 0.6 is 0 Å². The molecule has 0 saturated carbocycles. The van der Waals surface area contributed by atoms with Crippen LogP contribution in [0.4, 0.5) is 38.3 Å². The minimum atomic E-state index is -0.957. The van der Waals surface area contributed by atoms with Crippen molar-refractivity contribution < 1.29 is 29.1 Å². The van der Waals surface area contributed by atoms with Crippen LogP contribution in [0.2, 0.25) is 0 Å². The first-order valence-corrected chi connectivity index (χ1v) is 10.5. The first-order chi connectivity index (χ1) is 16.2. The van der Waals surface area contributed by atoms with Gasteiger partial charge in [0.15, 0.2) is 0 Å². The molecule has 0 bridgehead atoms. The van der Waals surface area contributed by atoms with Gasteiger partial charge in [-0.25, -0.2) is 14.6 Å². The number of carbonyl (C=O) groups excluding carboxylic acids is 2. The molecular formula is C21H28N6O7. The SMILES string of the molecule is CCOC(=O)Nc1cc(NCC(O)CN(C)c2ccccc2)c([N+](=O)[O-])c(NC(=O)OCC)n1. The van der Waals surface area contributed by atoms with E-state index in [0.29, 0.717) is 0 Å². The van der Waals surface area contributed by atoms with Crippen LogP contribution in [0.15, 0.2) is 36.4 Å². The first kappa shape index (κ1) is 26.1. The number of ether oxygens (including phenoxy) is 2. The van der Waals surface area contributed by atoms with Crippen LogP contribution in [0.25, 0.3) is 0 Å². The molecule has 1 unspecified atom stereocenters. The number of pyridine rings is 1. The monoisotopic (exact) mass is 476 g/mol. The number of likely N-dealkylation sites (N-methyl/N-ethyl adjacent to an activating group) is 1. The van der Waals surface area contributed by atoms with E-state index in [1.54, 1.807) is 20.9 Å². The number of para-hydroxylation sites is 1. The molecule has 0 fully saturated rings. The average Bonchev–Trinajstić information content (AvgIpc) is 2.78. The standard InChI is InChI=1S/C21H28N6O7/c1-4-33-20(29)24-17-11-16(18(27(31)32)19(23-17)25-21(30)34-5-2)22-12-15(28)13-26(3)14-9-7-6-8-10-14/h6-11,15,28H,4-5,12-13H2,1-3H3,(H3,22,23,24,25,29,30). The van der Waals surface area contributed by atoms with Gasteiger partial charge in [-0.3, -0.25) is 20.7 Å². The van der Waals surface area contributed by atoms with Crippen molar-refractivity contribution in [3.05, 3.63) is 46.5 Å². The van der Waals surface area contributed by atoms with Crippen molar-refractivity contribution in [3.8, 4) is 0 Å². The molecule has 13 nitrogen and oxygen atoms in total. The quantitative estimate of drug-likeness (QED) is 0.279. The van der Waals surface area contributed by atoms with Crippen molar-refractivity contribution in [2.24, 2.45) is 0 Å². The predicted molar refractivity (Wildman–Crippen MR) is 126 cm³/mol. The van der Waals surface area contributed by atoms with Crippen molar-refractivity contribution in [2.45, 2.75) is 20.0 Å². The zero-order chi connectivity index (χ0) is 25.1. The predicted octanol–water partition coefficient (Wildman–Crippen LogP) is 3.04. The molecule has 4 N–H and O–H groups in total.